The summed E-state index contributed by atoms with van der Waals surface area (Å²) in [6.45, 7) is 0. The molecule has 0 bridgehead atoms. The third-order valence-corrected chi connectivity index (χ3v) is 8.05. The third kappa shape index (κ3) is 4.27. The lowest BCUT2D eigenvalue weighted by Gasteiger charge is -2.22. The maximum atomic E-state index is 12.4. The Morgan fingerprint density at radius 2 is 1.76 bits per heavy atom. The maximum Gasteiger partial charge on any atom is 0.274 e. The molecule has 9 nitrogen and oxygen atoms in total. The van der Waals surface area contributed by atoms with Crippen molar-refractivity contribution in [3.05, 3.63) is 18.1 Å². The molecular weight excluding hydrogens is 368 g/mol. The lowest BCUT2D eigenvalue weighted by Crippen LogP contribution is -2.38. The predicted molar refractivity (Wildman–Crippen MR) is 91.9 cm³/mol. The van der Waals surface area contributed by atoms with E-state index in [4.69, 9.17) is 0 Å². The number of sulfone groups is 2. The van der Waals surface area contributed by atoms with E-state index < -0.39 is 19.7 Å². The second-order valence-corrected chi connectivity index (χ2v) is 11.0. The van der Waals surface area contributed by atoms with Crippen molar-refractivity contribution in [2.45, 2.75) is 24.9 Å². The Labute approximate surface area is 146 Å². The number of anilines is 1. The van der Waals surface area contributed by atoms with Crippen LogP contribution < -0.4 is 5.32 Å². The van der Waals surface area contributed by atoms with Crippen LogP contribution in [0.15, 0.2) is 12.4 Å². The summed E-state index contributed by atoms with van der Waals surface area (Å²) in [5, 5.41) is 3.00. The molecule has 2 saturated heterocycles. The van der Waals surface area contributed by atoms with Crippen molar-refractivity contribution in [2.75, 3.05) is 35.4 Å². The average Bonchev–Trinajstić information content (AvgIpc) is 3.08. The fourth-order valence-electron chi connectivity index (χ4n) is 3.06. The average molecular weight is 388 g/mol. The van der Waals surface area contributed by atoms with Crippen molar-refractivity contribution in [2.24, 2.45) is 0 Å². The topological polar surface area (TPSA) is 126 Å². The molecule has 0 radical (unpaired) electrons. The molecule has 2 atom stereocenters. The van der Waals surface area contributed by atoms with Gasteiger partial charge in [-0.05, 0) is 12.8 Å². The lowest BCUT2D eigenvalue weighted by atomic mass is 10.2. The van der Waals surface area contributed by atoms with Crippen LogP contribution in [0.3, 0.4) is 0 Å². The summed E-state index contributed by atoms with van der Waals surface area (Å²) >= 11 is 0. The van der Waals surface area contributed by atoms with Crippen molar-refractivity contribution >= 4 is 31.4 Å². The zero-order valence-corrected chi connectivity index (χ0v) is 15.4. The van der Waals surface area contributed by atoms with Crippen molar-refractivity contribution in [1.29, 1.82) is 0 Å². The van der Waals surface area contributed by atoms with Crippen molar-refractivity contribution in [3.63, 3.8) is 0 Å². The van der Waals surface area contributed by atoms with Gasteiger partial charge in [0.05, 0.1) is 35.4 Å². The molecule has 1 aromatic heterocycles. The standard InChI is InChI=1S/C14H20N4O5S2/c1-18(11-3-5-25(22,23)9-11)14(19)12-6-16-13(7-15-12)17-10-2-4-24(20,21)8-10/h6-7,10-11H,2-5,8-9H2,1H3,(H,16,17). The van der Waals surface area contributed by atoms with Crippen LogP contribution in [-0.4, -0.2) is 79.8 Å². The molecule has 1 aromatic rings. The van der Waals surface area contributed by atoms with Gasteiger partial charge in [0.1, 0.15) is 11.5 Å². The summed E-state index contributed by atoms with van der Waals surface area (Å²) in [5.74, 6) is 0.305. The highest BCUT2D eigenvalue weighted by Gasteiger charge is 2.33. The molecule has 2 fully saturated rings. The summed E-state index contributed by atoms with van der Waals surface area (Å²) in [4.78, 5) is 22.0. The van der Waals surface area contributed by atoms with E-state index in [2.05, 4.69) is 15.3 Å². The number of nitrogens with zero attached hydrogens (tertiary/aromatic N) is 3. The number of carbonyl (C=O) groups excluding carboxylic acids is 1. The molecule has 25 heavy (non-hydrogen) atoms. The van der Waals surface area contributed by atoms with Crippen LogP contribution in [0.2, 0.25) is 0 Å². The van der Waals surface area contributed by atoms with Crippen LogP contribution in [0.25, 0.3) is 0 Å². The molecule has 0 spiro atoms. The van der Waals surface area contributed by atoms with Crippen molar-refractivity contribution < 1.29 is 21.6 Å². The minimum absolute atomic E-state index is 0.0293. The Bertz CT molecular complexity index is 867. The van der Waals surface area contributed by atoms with Gasteiger partial charge in [-0.1, -0.05) is 0 Å². The van der Waals surface area contributed by atoms with E-state index in [-0.39, 0.29) is 46.7 Å². The highest BCUT2D eigenvalue weighted by molar-refractivity contribution is 7.91. The van der Waals surface area contributed by atoms with E-state index in [1.807, 2.05) is 0 Å². The molecular formula is C14H20N4O5S2. The van der Waals surface area contributed by atoms with Crippen LogP contribution >= 0.6 is 0 Å². The van der Waals surface area contributed by atoms with E-state index in [9.17, 15) is 21.6 Å². The second kappa shape index (κ2) is 6.52. The Kier molecular flexibility index (Phi) is 4.71. The van der Waals surface area contributed by atoms with Crippen LogP contribution in [-0.2, 0) is 19.7 Å². The lowest BCUT2D eigenvalue weighted by molar-refractivity contribution is 0.0741. The van der Waals surface area contributed by atoms with E-state index in [1.165, 1.54) is 17.3 Å². The first kappa shape index (κ1) is 18.1. The number of hydrogen-bond acceptors (Lipinski definition) is 8. The summed E-state index contributed by atoms with van der Waals surface area (Å²) in [5.41, 5.74) is 0.122. The zero-order valence-electron chi connectivity index (χ0n) is 13.8. The van der Waals surface area contributed by atoms with Gasteiger partial charge < -0.3 is 10.2 Å². The Morgan fingerprint density at radius 3 is 2.28 bits per heavy atom. The largest absolute Gasteiger partial charge is 0.365 e. The summed E-state index contributed by atoms with van der Waals surface area (Å²) in [6, 6.07) is -0.548. The molecule has 11 heteroatoms. The van der Waals surface area contributed by atoms with Crippen LogP contribution in [0.1, 0.15) is 23.3 Å². The van der Waals surface area contributed by atoms with E-state index in [0.717, 1.165) is 0 Å². The van der Waals surface area contributed by atoms with Gasteiger partial charge >= 0.3 is 0 Å². The molecule has 2 aliphatic heterocycles. The van der Waals surface area contributed by atoms with Crippen LogP contribution in [0.4, 0.5) is 5.82 Å². The Hall–Kier alpha value is -1.75. The minimum Gasteiger partial charge on any atom is -0.365 e. The first-order valence-electron chi connectivity index (χ1n) is 7.92. The molecule has 0 aliphatic carbocycles. The minimum atomic E-state index is -3.07. The van der Waals surface area contributed by atoms with Crippen molar-refractivity contribution in [1.82, 2.24) is 14.9 Å². The highest BCUT2D eigenvalue weighted by atomic mass is 32.2. The van der Waals surface area contributed by atoms with Gasteiger partial charge in [0.2, 0.25) is 0 Å². The smallest absolute Gasteiger partial charge is 0.274 e. The molecule has 2 aliphatic rings. The van der Waals surface area contributed by atoms with Gasteiger partial charge in [0.15, 0.2) is 19.7 Å². The normalized spacial score (nSPS) is 27.1. The first-order chi connectivity index (χ1) is 11.7. The third-order valence-electron chi connectivity index (χ3n) is 4.53. The van der Waals surface area contributed by atoms with Gasteiger partial charge in [-0.15, -0.1) is 0 Å². The second-order valence-electron chi connectivity index (χ2n) is 6.50. The number of hydrogen-bond donors (Lipinski definition) is 1. The van der Waals surface area contributed by atoms with E-state index in [0.29, 0.717) is 18.7 Å². The van der Waals surface area contributed by atoms with Crippen LogP contribution in [0, 0.1) is 0 Å². The first-order valence-corrected chi connectivity index (χ1v) is 11.6. The van der Waals surface area contributed by atoms with Gasteiger partial charge in [-0.2, -0.15) is 0 Å². The predicted octanol–water partition coefficient (Wildman–Crippen LogP) is -0.665. The molecule has 138 valence electrons. The molecule has 1 N–H and O–H groups in total. The van der Waals surface area contributed by atoms with Crippen LogP contribution in [0.5, 0.6) is 0 Å². The summed E-state index contributed by atoms with van der Waals surface area (Å²) in [6.07, 6.45) is 3.64. The van der Waals surface area contributed by atoms with Crippen molar-refractivity contribution in [3.8, 4) is 0 Å². The SMILES string of the molecule is CN(C(=O)c1cnc(NC2CCS(=O)(=O)C2)cn1)C1CCS(=O)(=O)C1. The monoisotopic (exact) mass is 388 g/mol. The Balaban J connectivity index is 1.63. The van der Waals surface area contributed by atoms with Gasteiger partial charge in [0.25, 0.3) is 5.91 Å². The molecule has 0 aromatic carbocycles. The van der Waals surface area contributed by atoms with E-state index in [1.54, 1.807) is 7.05 Å². The fourth-order valence-corrected chi connectivity index (χ4v) is 6.51. The number of carbonyl (C=O) groups is 1. The fraction of sp³-hybridized carbons (Fsp3) is 0.643. The molecule has 0 saturated carbocycles. The van der Waals surface area contributed by atoms with Gasteiger partial charge in [-0.25, -0.2) is 26.8 Å². The number of aromatic nitrogens is 2. The van der Waals surface area contributed by atoms with Gasteiger partial charge in [0, 0.05) is 19.1 Å². The zero-order chi connectivity index (χ0) is 18.2. The van der Waals surface area contributed by atoms with E-state index >= 15 is 0 Å². The number of rotatable bonds is 4. The Morgan fingerprint density at radius 1 is 1.08 bits per heavy atom. The highest BCUT2D eigenvalue weighted by Crippen LogP contribution is 2.19. The molecule has 3 rings (SSSR count). The van der Waals surface area contributed by atoms with Gasteiger partial charge in [-0.3, -0.25) is 4.79 Å². The summed E-state index contributed by atoms with van der Waals surface area (Å²) in [7, 11) is -4.50. The maximum absolute atomic E-state index is 12.4. The molecule has 2 unspecified atom stereocenters. The molecule has 3 heterocycles. The number of nitrogens with one attached hydrogen (secondary N) is 1. The molecule has 1 amide bonds. The quantitative estimate of drug-likeness (QED) is 0.720. The summed E-state index contributed by atoms with van der Waals surface area (Å²) < 4.78 is 46.0. The number of amides is 1.